The average Bonchev–Trinajstić information content (AvgIpc) is 2.96. The van der Waals surface area contributed by atoms with Gasteiger partial charge < -0.3 is 20.5 Å². The highest BCUT2D eigenvalue weighted by Gasteiger charge is 2.12. The van der Waals surface area contributed by atoms with E-state index < -0.39 is 10.7 Å². The number of nitrogens with one attached hydrogen (secondary N) is 1. The van der Waals surface area contributed by atoms with Gasteiger partial charge in [0.2, 0.25) is 0 Å². The minimum absolute atomic E-state index is 0.0496. The maximum absolute atomic E-state index is 12.4. The number of aryl methyl sites for hydroxylation is 2. The molecule has 0 amide bonds. The van der Waals surface area contributed by atoms with E-state index in [1.54, 1.807) is 19.1 Å². The predicted octanol–water partition coefficient (Wildman–Crippen LogP) is 3.75. The van der Waals surface area contributed by atoms with Crippen LogP contribution in [-0.2, 0) is 9.47 Å². The van der Waals surface area contributed by atoms with Gasteiger partial charge in [-0.1, -0.05) is 0 Å². The van der Waals surface area contributed by atoms with E-state index in [1.165, 1.54) is 6.92 Å². The zero-order valence-electron chi connectivity index (χ0n) is 24.1. The molecule has 2 aromatic rings. The molecule has 2 aliphatic rings. The van der Waals surface area contributed by atoms with Crippen LogP contribution in [0.4, 0.5) is 21.5 Å². The van der Waals surface area contributed by atoms with Crippen molar-refractivity contribution >= 4 is 17.1 Å². The maximum atomic E-state index is 12.4. The van der Waals surface area contributed by atoms with Crippen molar-refractivity contribution in [2.45, 2.75) is 26.7 Å². The van der Waals surface area contributed by atoms with Gasteiger partial charge in [0.1, 0.15) is 5.82 Å². The van der Waals surface area contributed by atoms with Crippen molar-refractivity contribution in [1.82, 2.24) is 9.80 Å². The summed E-state index contributed by atoms with van der Waals surface area (Å²) in [7, 11) is 0. The molecule has 228 valence electrons. The standard InChI is InChI=1S/C14H21N3O3.C7H6FNO2.C7H16N2O/c1-12-11-13(3-4-14(12)17(18)19)15-5-2-6-16-7-9-20-10-8-16;1-5-4-6(8)2-3-7(5)9(10)11;8-2-1-3-9-4-6-10-7-5-9/h3-4,11,15H,2,5-10H2,1H3;2-4H,1H3;1-8H2. The smallest absolute Gasteiger partial charge is 0.272 e. The van der Waals surface area contributed by atoms with Crippen LogP contribution < -0.4 is 11.1 Å². The second-order valence-corrected chi connectivity index (χ2v) is 9.78. The summed E-state index contributed by atoms with van der Waals surface area (Å²) in [5, 5.41) is 24.3. The van der Waals surface area contributed by atoms with E-state index in [2.05, 4.69) is 15.1 Å². The molecule has 0 radical (unpaired) electrons. The predicted molar refractivity (Wildman–Crippen MR) is 157 cm³/mol. The SMILES string of the molecule is Cc1cc(F)ccc1[N+](=O)[O-].Cc1cc(NCCCN2CCOCC2)ccc1[N+](=O)[O-].NCCCN1CCOCC1. The maximum Gasteiger partial charge on any atom is 0.272 e. The van der Waals surface area contributed by atoms with Gasteiger partial charge in [0.25, 0.3) is 11.4 Å². The molecule has 4 rings (SSSR count). The Morgan fingerprint density at radius 1 is 0.829 bits per heavy atom. The first-order valence-electron chi connectivity index (χ1n) is 13.9. The van der Waals surface area contributed by atoms with Gasteiger partial charge in [0, 0.05) is 61.7 Å². The Morgan fingerprint density at radius 3 is 1.78 bits per heavy atom. The third-order valence-electron chi connectivity index (χ3n) is 6.62. The van der Waals surface area contributed by atoms with Crippen LogP contribution in [0.5, 0.6) is 0 Å². The van der Waals surface area contributed by atoms with Crippen molar-refractivity contribution in [2.24, 2.45) is 5.73 Å². The lowest BCUT2D eigenvalue weighted by Gasteiger charge is -2.26. The summed E-state index contributed by atoms with van der Waals surface area (Å²) < 4.78 is 22.9. The largest absolute Gasteiger partial charge is 0.385 e. The van der Waals surface area contributed by atoms with Gasteiger partial charge in [-0.25, -0.2) is 4.39 Å². The lowest BCUT2D eigenvalue weighted by atomic mass is 10.2. The first-order chi connectivity index (χ1) is 19.7. The number of benzene rings is 2. The number of hydrogen-bond acceptors (Lipinski definition) is 10. The first-order valence-corrected chi connectivity index (χ1v) is 13.9. The quantitative estimate of drug-likeness (QED) is 0.242. The zero-order chi connectivity index (χ0) is 30.0. The molecule has 0 spiro atoms. The van der Waals surface area contributed by atoms with E-state index in [0.717, 1.165) is 116 Å². The summed E-state index contributed by atoms with van der Waals surface area (Å²) in [5.41, 5.74) is 7.48. The summed E-state index contributed by atoms with van der Waals surface area (Å²) in [6, 6.07) is 8.51. The molecule has 2 aromatic carbocycles. The molecule has 13 heteroatoms. The fraction of sp³-hybridized carbons (Fsp3) is 0.571. The molecule has 2 fully saturated rings. The van der Waals surface area contributed by atoms with Crippen molar-refractivity contribution in [3.05, 3.63) is 73.6 Å². The Labute approximate surface area is 240 Å². The summed E-state index contributed by atoms with van der Waals surface area (Å²) in [6.45, 7) is 14.8. The van der Waals surface area contributed by atoms with Gasteiger partial charge in [0.15, 0.2) is 0 Å². The molecule has 12 nitrogen and oxygen atoms in total. The molecule has 0 unspecified atom stereocenters. The van der Waals surface area contributed by atoms with Crippen molar-refractivity contribution in [2.75, 3.05) is 84.1 Å². The normalized spacial score (nSPS) is 15.6. The van der Waals surface area contributed by atoms with E-state index in [1.807, 2.05) is 6.07 Å². The van der Waals surface area contributed by atoms with E-state index in [-0.39, 0.29) is 16.3 Å². The van der Waals surface area contributed by atoms with E-state index in [0.29, 0.717) is 11.1 Å². The van der Waals surface area contributed by atoms with Gasteiger partial charge >= 0.3 is 0 Å². The van der Waals surface area contributed by atoms with Crippen LogP contribution in [0.25, 0.3) is 0 Å². The minimum Gasteiger partial charge on any atom is -0.385 e. The monoisotopic (exact) mass is 578 g/mol. The molecular weight excluding hydrogens is 535 g/mol. The highest BCUT2D eigenvalue weighted by atomic mass is 19.1. The number of rotatable bonds is 10. The fourth-order valence-electron chi connectivity index (χ4n) is 4.29. The fourth-order valence-corrected chi connectivity index (χ4v) is 4.29. The minimum atomic E-state index is -0.533. The molecule has 0 aliphatic carbocycles. The van der Waals surface area contributed by atoms with Crippen LogP contribution >= 0.6 is 0 Å². The highest BCUT2D eigenvalue weighted by Crippen LogP contribution is 2.21. The van der Waals surface area contributed by atoms with Crippen LogP contribution in [-0.4, -0.2) is 98.4 Å². The van der Waals surface area contributed by atoms with E-state index in [9.17, 15) is 24.6 Å². The van der Waals surface area contributed by atoms with Gasteiger partial charge in [0.05, 0.1) is 36.3 Å². The molecule has 3 N–H and O–H groups in total. The highest BCUT2D eigenvalue weighted by molar-refractivity contribution is 5.53. The second kappa shape index (κ2) is 19.0. The Morgan fingerprint density at radius 2 is 1.32 bits per heavy atom. The number of ether oxygens (including phenoxy) is 2. The summed E-state index contributed by atoms with van der Waals surface area (Å²) in [6.07, 6.45) is 2.16. The van der Waals surface area contributed by atoms with Gasteiger partial charge in [-0.05, 0) is 70.6 Å². The van der Waals surface area contributed by atoms with E-state index in [4.69, 9.17) is 15.2 Å². The Hall–Kier alpha value is -3.23. The summed E-state index contributed by atoms with van der Waals surface area (Å²) >= 11 is 0. The third kappa shape index (κ3) is 13.3. The Kier molecular flexibility index (Phi) is 15.7. The molecule has 0 saturated carbocycles. The molecule has 41 heavy (non-hydrogen) atoms. The molecule has 0 atom stereocenters. The first kappa shape index (κ1) is 34.0. The topological polar surface area (TPSA) is 149 Å². The molecule has 2 saturated heterocycles. The number of halogens is 1. The second-order valence-electron chi connectivity index (χ2n) is 9.78. The molecular formula is C28H43FN6O6. The van der Waals surface area contributed by atoms with Gasteiger partial charge in [-0.15, -0.1) is 0 Å². The lowest BCUT2D eigenvalue weighted by molar-refractivity contribution is -0.385. The van der Waals surface area contributed by atoms with E-state index >= 15 is 0 Å². The van der Waals surface area contributed by atoms with Crippen molar-refractivity contribution in [3.8, 4) is 0 Å². The van der Waals surface area contributed by atoms with Crippen LogP contribution in [0.3, 0.4) is 0 Å². The lowest BCUT2D eigenvalue weighted by Crippen LogP contribution is -2.37. The summed E-state index contributed by atoms with van der Waals surface area (Å²) in [4.78, 5) is 24.9. The Bertz CT molecular complexity index is 1080. The number of nitro groups is 2. The van der Waals surface area contributed by atoms with Crippen LogP contribution in [0.1, 0.15) is 24.0 Å². The average molecular weight is 579 g/mol. The number of nitro benzene ring substituents is 2. The van der Waals surface area contributed by atoms with Crippen molar-refractivity contribution in [3.63, 3.8) is 0 Å². The molecule has 2 aliphatic heterocycles. The van der Waals surface area contributed by atoms with Gasteiger partial charge in [-0.2, -0.15) is 0 Å². The van der Waals surface area contributed by atoms with Gasteiger partial charge in [-0.3, -0.25) is 30.0 Å². The Balaban J connectivity index is 0.000000236. The zero-order valence-corrected chi connectivity index (χ0v) is 24.1. The number of anilines is 1. The van der Waals surface area contributed by atoms with Crippen LogP contribution in [0.2, 0.25) is 0 Å². The number of nitrogens with zero attached hydrogens (tertiary/aromatic N) is 4. The van der Waals surface area contributed by atoms with Crippen molar-refractivity contribution < 1.29 is 23.7 Å². The van der Waals surface area contributed by atoms with Crippen molar-refractivity contribution in [1.29, 1.82) is 0 Å². The third-order valence-corrected chi connectivity index (χ3v) is 6.62. The number of nitrogens with two attached hydrogens (primary N) is 1. The van der Waals surface area contributed by atoms with Crippen LogP contribution in [0.15, 0.2) is 36.4 Å². The number of hydrogen-bond donors (Lipinski definition) is 2. The molecule has 2 heterocycles. The molecule has 0 aromatic heterocycles. The number of morpholine rings is 2. The summed E-state index contributed by atoms with van der Waals surface area (Å²) in [5.74, 6) is -0.451. The van der Waals surface area contributed by atoms with Crippen LogP contribution in [0, 0.1) is 39.9 Å². The molecule has 0 bridgehead atoms.